The topological polar surface area (TPSA) is 73.1 Å². The zero-order chi connectivity index (χ0) is 16.8. The van der Waals surface area contributed by atoms with Crippen molar-refractivity contribution in [1.29, 1.82) is 0 Å². The molecule has 0 radical (unpaired) electrons. The number of halogens is 1. The number of piperazine rings is 1. The first-order valence-corrected chi connectivity index (χ1v) is 8.74. The normalized spacial score (nSPS) is 18.6. The van der Waals surface area contributed by atoms with Crippen molar-refractivity contribution in [3.05, 3.63) is 24.2 Å². The van der Waals surface area contributed by atoms with E-state index in [9.17, 15) is 4.79 Å². The Bertz CT molecular complexity index is 551. The van der Waals surface area contributed by atoms with Crippen LogP contribution >= 0.6 is 24.0 Å². The van der Waals surface area contributed by atoms with Gasteiger partial charge in [-0.15, -0.1) is 24.0 Å². The first-order valence-electron chi connectivity index (χ1n) is 8.74. The van der Waals surface area contributed by atoms with E-state index in [2.05, 4.69) is 25.4 Å². The van der Waals surface area contributed by atoms with Crippen LogP contribution in [0.5, 0.6) is 0 Å². The van der Waals surface area contributed by atoms with Gasteiger partial charge in [0.05, 0.1) is 12.8 Å². The van der Waals surface area contributed by atoms with Crippen molar-refractivity contribution in [2.24, 2.45) is 4.99 Å². The maximum atomic E-state index is 11.9. The summed E-state index contributed by atoms with van der Waals surface area (Å²) in [6.45, 7) is 4.85. The molecule has 0 aromatic carbocycles. The van der Waals surface area contributed by atoms with E-state index >= 15 is 0 Å². The molecule has 1 saturated carbocycles. The third-order valence-corrected chi connectivity index (χ3v) is 4.43. The van der Waals surface area contributed by atoms with E-state index in [1.807, 2.05) is 19.2 Å². The van der Waals surface area contributed by atoms with Crippen LogP contribution in [0.15, 0.2) is 27.8 Å². The highest BCUT2D eigenvalue weighted by Crippen LogP contribution is 2.18. The number of carbonyl (C=O) groups excluding carboxylic acids is 1. The number of hydrogen-bond donors (Lipinski definition) is 2. The number of hydrogen-bond acceptors (Lipinski definition) is 4. The Kier molecular flexibility index (Phi) is 8.01. The molecule has 1 aliphatic heterocycles. The third kappa shape index (κ3) is 6.50. The molecule has 1 aromatic heterocycles. The number of nitrogens with zero attached hydrogens (tertiary/aromatic N) is 3. The fraction of sp³-hybridized carbons (Fsp3) is 0.647. The van der Waals surface area contributed by atoms with E-state index in [-0.39, 0.29) is 29.9 Å². The number of guanidine groups is 1. The van der Waals surface area contributed by atoms with Gasteiger partial charge in [-0.25, -0.2) is 0 Å². The minimum absolute atomic E-state index is 0. The van der Waals surface area contributed by atoms with Crippen molar-refractivity contribution in [2.45, 2.75) is 25.3 Å². The first-order chi connectivity index (χ1) is 11.7. The second-order valence-electron chi connectivity index (χ2n) is 6.41. The Morgan fingerprint density at radius 2 is 2.08 bits per heavy atom. The second kappa shape index (κ2) is 10.0. The maximum absolute atomic E-state index is 11.9. The third-order valence-electron chi connectivity index (χ3n) is 4.43. The SMILES string of the molecule is CN=C(NCCc1ccco1)N1CCN(CC(=O)NC2CC2)CC1.I. The van der Waals surface area contributed by atoms with Crippen LogP contribution in [0, 0.1) is 0 Å². The molecule has 1 aliphatic carbocycles. The Labute approximate surface area is 166 Å². The average Bonchev–Trinajstić information content (AvgIpc) is 3.24. The van der Waals surface area contributed by atoms with Crippen LogP contribution < -0.4 is 10.6 Å². The lowest BCUT2D eigenvalue weighted by Crippen LogP contribution is -2.54. The largest absolute Gasteiger partial charge is 0.469 e. The van der Waals surface area contributed by atoms with Crippen LogP contribution in [0.3, 0.4) is 0 Å². The molecular weight excluding hydrogens is 433 g/mol. The predicted octanol–water partition coefficient (Wildman–Crippen LogP) is 0.912. The molecule has 0 bridgehead atoms. The van der Waals surface area contributed by atoms with Gasteiger partial charge in [0, 0.05) is 52.2 Å². The maximum Gasteiger partial charge on any atom is 0.234 e. The van der Waals surface area contributed by atoms with Crippen LogP contribution in [0.25, 0.3) is 0 Å². The van der Waals surface area contributed by atoms with Crippen molar-refractivity contribution < 1.29 is 9.21 Å². The van der Waals surface area contributed by atoms with Crippen molar-refractivity contribution >= 4 is 35.8 Å². The highest BCUT2D eigenvalue weighted by molar-refractivity contribution is 14.0. The monoisotopic (exact) mass is 461 g/mol. The summed E-state index contributed by atoms with van der Waals surface area (Å²) in [7, 11) is 1.81. The number of amides is 1. The van der Waals surface area contributed by atoms with Crippen molar-refractivity contribution in [2.75, 3.05) is 46.3 Å². The molecule has 0 unspecified atom stereocenters. The van der Waals surface area contributed by atoms with Gasteiger partial charge in [0.25, 0.3) is 0 Å². The molecule has 2 heterocycles. The molecule has 2 aliphatic rings. The van der Waals surface area contributed by atoms with E-state index in [1.165, 1.54) is 0 Å². The molecule has 0 spiro atoms. The summed E-state index contributed by atoms with van der Waals surface area (Å²) >= 11 is 0. The fourth-order valence-corrected chi connectivity index (χ4v) is 2.91. The lowest BCUT2D eigenvalue weighted by atomic mass is 10.3. The molecule has 8 heteroatoms. The number of carbonyl (C=O) groups is 1. The van der Waals surface area contributed by atoms with Crippen molar-refractivity contribution in [3.8, 4) is 0 Å². The zero-order valence-corrected chi connectivity index (χ0v) is 17.1. The van der Waals surface area contributed by atoms with E-state index in [4.69, 9.17) is 4.42 Å². The molecule has 1 amide bonds. The van der Waals surface area contributed by atoms with Crippen LogP contribution in [-0.4, -0.2) is 74.0 Å². The van der Waals surface area contributed by atoms with Crippen molar-refractivity contribution in [3.63, 3.8) is 0 Å². The molecular formula is C17H28IN5O2. The van der Waals surface area contributed by atoms with Crippen LogP contribution in [0.2, 0.25) is 0 Å². The summed E-state index contributed by atoms with van der Waals surface area (Å²) in [6, 6.07) is 4.33. The van der Waals surface area contributed by atoms with Gasteiger partial charge in [0.2, 0.25) is 5.91 Å². The minimum atomic E-state index is 0. The zero-order valence-electron chi connectivity index (χ0n) is 14.7. The molecule has 7 nitrogen and oxygen atoms in total. The van der Waals surface area contributed by atoms with Crippen LogP contribution in [0.4, 0.5) is 0 Å². The van der Waals surface area contributed by atoms with E-state index in [0.29, 0.717) is 12.6 Å². The molecule has 3 rings (SSSR count). The first kappa shape index (κ1) is 20.0. The van der Waals surface area contributed by atoms with Crippen LogP contribution in [-0.2, 0) is 11.2 Å². The van der Waals surface area contributed by atoms with Gasteiger partial charge in [0.15, 0.2) is 5.96 Å². The standard InChI is InChI=1S/C17H27N5O2.HI/c1-18-17(19-7-6-15-3-2-12-24-15)22-10-8-21(9-11-22)13-16(23)20-14-4-5-14;/h2-3,12,14H,4-11,13H2,1H3,(H,18,19)(H,20,23);1H. The number of rotatable bonds is 6. The van der Waals surface area contributed by atoms with Gasteiger partial charge < -0.3 is 20.0 Å². The highest BCUT2D eigenvalue weighted by atomic mass is 127. The number of furan rings is 1. The Balaban J connectivity index is 0.00000225. The molecule has 25 heavy (non-hydrogen) atoms. The summed E-state index contributed by atoms with van der Waals surface area (Å²) in [5.41, 5.74) is 0. The second-order valence-corrected chi connectivity index (χ2v) is 6.41. The van der Waals surface area contributed by atoms with Gasteiger partial charge in [-0.2, -0.15) is 0 Å². The summed E-state index contributed by atoms with van der Waals surface area (Å²) in [4.78, 5) is 20.7. The van der Waals surface area contributed by atoms with Gasteiger partial charge in [0.1, 0.15) is 5.76 Å². The van der Waals surface area contributed by atoms with E-state index in [0.717, 1.165) is 63.7 Å². The summed E-state index contributed by atoms with van der Waals surface area (Å²) in [5, 5.41) is 6.43. The van der Waals surface area contributed by atoms with Crippen LogP contribution in [0.1, 0.15) is 18.6 Å². The lowest BCUT2D eigenvalue weighted by molar-refractivity contribution is -0.122. The van der Waals surface area contributed by atoms with Crippen molar-refractivity contribution in [1.82, 2.24) is 20.4 Å². The summed E-state index contributed by atoms with van der Waals surface area (Å²) < 4.78 is 5.34. The molecule has 2 fully saturated rings. The number of nitrogens with one attached hydrogen (secondary N) is 2. The van der Waals surface area contributed by atoms with E-state index in [1.54, 1.807) is 6.26 Å². The fourth-order valence-electron chi connectivity index (χ4n) is 2.91. The molecule has 0 atom stereocenters. The highest BCUT2D eigenvalue weighted by Gasteiger charge is 2.25. The van der Waals surface area contributed by atoms with Gasteiger partial charge in [-0.3, -0.25) is 14.7 Å². The molecule has 2 N–H and O–H groups in total. The Morgan fingerprint density at radius 3 is 2.68 bits per heavy atom. The molecule has 140 valence electrons. The lowest BCUT2D eigenvalue weighted by Gasteiger charge is -2.36. The smallest absolute Gasteiger partial charge is 0.234 e. The van der Waals surface area contributed by atoms with Gasteiger partial charge >= 0.3 is 0 Å². The summed E-state index contributed by atoms with van der Waals surface area (Å²) in [6.07, 6.45) is 4.81. The molecule has 1 aromatic rings. The van der Waals surface area contributed by atoms with Gasteiger partial charge in [-0.05, 0) is 25.0 Å². The predicted molar refractivity (Wildman–Crippen MR) is 108 cm³/mol. The average molecular weight is 461 g/mol. The summed E-state index contributed by atoms with van der Waals surface area (Å²) in [5.74, 6) is 2.06. The Hall–Kier alpha value is -1.29. The minimum Gasteiger partial charge on any atom is -0.469 e. The molecule has 1 saturated heterocycles. The van der Waals surface area contributed by atoms with Gasteiger partial charge in [-0.1, -0.05) is 0 Å². The quantitative estimate of drug-likeness (QED) is 0.375. The van der Waals surface area contributed by atoms with E-state index < -0.39 is 0 Å². The number of aliphatic imine (C=N–C) groups is 1. The Morgan fingerprint density at radius 1 is 1.32 bits per heavy atom.